The molecule has 0 spiro atoms. The van der Waals surface area contributed by atoms with Crippen LogP contribution in [0.5, 0.6) is 5.75 Å². The number of benzene rings is 1. The van der Waals surface area contributed by atoms with Crippen molar-refractivity contribution in [1.29, 1.82) is 0 Å². The van der Waals surface area contributed by atoms with Gasteiger partial charge in [0.2, 0.25) is 5.91 Å². The summed E-state index contributed by atoms with van der Waals surface area (Å²) in [5.41, 5.74) is 1.76. The third-order valence-corrected chi connectivity index (χ3v) is 4.70. The Morgan fingerprint density at radius 2 is 2.00 bits per heavy atom. The molecule has 1 aliphatic heterocycles. The van der Waals surface area contributed by atoms with Gasteiger partial charge in [-0.05, 0) is 53.3 Å². The van der Waals surface area contributed by atoms with Crippen LogP contribution < -0.4 is 15.0 Å². The molecule has 0 unspecified atom stereocenters. The summed E-state index contributed by atoms with van der Waals surface area (Å²) >= 11 is 3.24. The molecule has 134 valence electrons. The molecule has 2 aromatic rings. The molecule has 1 saturated heterocycles. The van der Waals surface area contributed by atoms with Gasteiger partial charge in [0, 0.05) is 31.9 Å². The van der Waals surface area contributed by atoms with E-state index in [1.54, 1.807) is 19.2 Å². The number of nitrogens with zero attached hydrogens (tertiary/aromatic N) is 2. The fourth-order valence-corrected chi connectivity index (χ4v) is 3.21. The van der Waals surface area contributed by atoms with Gasteiger partial charge < -0.3 is 24.3 Å². The number of nitrogens with one attached hydrogen (secondary N) is 1. The molecule has 7 heteroatoms. The van der Waals surface area contributed by atoms with E-state index in [1.807, 2.05) is 18.2 Å². The first-order valence-corrected chi connectivity index (χ1v) is 9.00. The molecule has 1 aromatic heterocycles. The third kappa shape index (κ3) is 4.55. The van der Waals surface area contributed by atoms with Crippen LogP contribution in [0.4, 0.5) is 11.4 Å². The smallest absolute Gasteiger partial charge is 0.231 e. The Morgan fingerprint density at radius 3 is 2.64 bits per heavy atom. The molecule has 0 radical (unpaired) electrons. The van der Waals surface area contributed by atoms with Crippen LogP contribution in [0, 0.1) is 0 Å². The second-order valence-corrected chi connectivity index (χ2v) is 6.89. The number of carbonyl (C=O) groups is 1. The topological polar surface area (TPSA) is 58.0 Å². The van der Waals surface area contributed by atoms with E-state index in [1.165, 1.54) is 0 Å². The molecular weight excluding hydrogens is 386 g/mol. The largest absolute Gasteiger partial charge is 0.495 e. The summed E-state index contributed by atoms with van der Waals surface area (Å²) in [5, 5.41) is 2.93. The predicted octanol–water partition coefficient (Wildman–Crippen LogP) is 2.98. The third-order valence-electron chi connectivity index (χ3n) is 4.27. The number of likely N-dealkylation sites (N-methyl/N-ethyl adjacent to an activating group) is 1. The first-order chi connectivity index (χ1) is 12.0. The number of carbonyl (C=O) groups excluding carboxylic acids is 1. The molecule has 1 fully saturated rings. The minimum absolute atomic E-state index is 0.114. The van der Waals surface area contributed by atoms with Crippen molar-refractivity contribution < 1.29 is 13.9 Å². The van der Waals surface area contributed by atoms with Crippen LogP contribution in [0.1, 0.15) is 5.76 Å². The van der Waals surface area contributed by atoms with Crippen molar-refractivity contribution in [3.8, 4) is 5.75 Å². The Labute approximate surface area is 155 Å². The normalized spacial score (nSPS) is 15.2. The number of hydrogen-bond donors (Lipinski definition) is 1. The minimum atomic E-state index is -0.114. The summed E-state index contributed by atoms with van der Waals surface area (Å²) in [6.45, 7) is 3.88. The summed E-state index contributed by atoms with van der Waals surface area (Å²) < 4.78 is 11.5. The van der Waals surface area contributed by atoms with Crippen molar-refractivity contribution in [2.75, 3.05) is 50.6 Å². The van der Waals surface area contributed by atoms with Gasteiger partial charge >= 0.3 is 0 Å². The number of furan rings is 1. The standard InChI is InChI=1S/C18H22BrN3O3/c1-21-7-9-22(10-8-21)15-11-13(3-5-16(15)24-2)20-18(23)12-14-4-6-17(19)25-14/h3-6,11H,7-10,12H2,1-2H3,(H,20,23). The van der Waals surface area contributed by atoms with Gasteiger partial charge in [0.15, 0.2) is 4.67 Å². The van der Waals surface area contributed by atoms with Crippen LogP contribution in [0.3, 0.4) is 0 Å². The zero-order valence-electron chi connectivity index (χ0n) is 14.4. The van der Waals surface area contributed by atoms with Crippen LogP contribution in [-0.4, -0.2) is 51.1 Å². The SMILES string of the molecule is COc1ccc(NC(=O)Cc2ccc(Br)o2)cc1N1CCN(C)CC1. The van der Waals surface area contributed by atoms with Gasteiger partial charge in [0.1, 0.15) is 11.5 Å². The van der Waals surface area contributed by atoms with Crippen LogP contribution in [0.2, 0.25) is 0 Å². The molecule has 1 N–H and O–H groups in total. The lowest BCUT2D eigenvalue weighted by atomic mass is 10.2. The van der Waals surface area contributed by atoms with Gasteiger partial charge in [0.05, 0.1) is 19.2 Å². The average molecular weight is 408 g/mol. The number of halogens is 1. The number of rotatable bonds is 5. The van der Waals surface area contributed by atoms with Crippen molar-refractivity contribution in [3.63, 3.8) is 0 Å². The lowest BCUT2D eigenvalue weighted by Crippen LogP contribution is -2.44. The van der Waals surface area contributed by atoms with Crippen molar-refractivity contribution in [2.45, 2.75) is 6.42 Å². The molecule has 25 heavy (non-hydrogen) atoms. The number of piperazine rings is 1. The number of hydrogen-bond acceptors (Lipinski definition) is 5. The lowest BCUT2D eigenvalue weighted by molar-refractivity contribution is -0.115. The van der Waals surface area contributed by atoms with Gasteiger partial charge in [-0.3, -0.25) is 4.79 Å². The summed E-state index contributed by atoms with van der Waals surface area (Å²) in [6, 6.07) is 9.29. The summed E-state index contributed by atoms with van der Waals surface area (Å²) in [5.74, 6) is 1.33. The molecule has 0 aliphatic carbocycles. The quantitative estimate of drug-likeness (QED) is 0.825. The number of methoxy groups -OCH3 is 1. The van der Waals surface area contributed by atoms with Crippen LogP contribution in [0.15, 0.2) is 39.4 Å². The molecule has 0 saturated carbocycles. The monoisotopic (exact) mass is 407 g/mol. The fraction of sp³-hybridized carbons (Fsp3) is 0.389. The summed E-state index contributed by atoms with van der Waals surface area (Å²) in [4.78, 5) is 16.8. The maximum absolute atomic E-state index is 12.2. The van der Waals surface area contributed by atoms with E-state index in [4.69, 9.17) is 9.15 Å². The average Bonchev–Trinajstić information content (AvgIpc) is 3.00. The summed E-state index contributed by atoms with van der Waals surface area (Å²) in [7, 11) is 3.79. The zero-order chi connectivity index (χ0) is 17.8. The van der Waals surface area contributed by atoms with Crippen molar-refractivity contribution in [3.05, 3.63) is 40.8 Å². The highest BCUT2D eigenvalue weighted by Gasteiger charge is 2.18. The highest BCUT2D eigenvalue weighted by molar-refractivity contribution is 9.10. The molecule has 3 rings (SSSR count). The number of amides is 1. The minimum Gasteiger partial charge on any atom is -0.495 e. The highest BCUT2D eigenvalue weighted by atomic mass is 79.9. The summed E-state index contributed by atoms with van der Waals surface area (Å²) in [6.07, 6.45) is 0.196. The second kappa shape index (κ2) is 7.93. The van der Waals surface area contributed by atoms with Crippen LogP contribution in [0.25, 0.3) is 0 Å². The molecule has 1 amide bonds. The van der Waals surface area contributed by atoms with Gasteiger partial charge in [-0.25, -0.2) is 0 Å². The maximum atomic E-state index is 12.2. The molecule has 6 nitrogen and oxygen atoms in total. The first-order valence-electron chi connectivity index (χ1n) is 8.21. The van der Waals surface area contributed by atoms with Gasteiger partial charge in [-0.2, -0.15) is 0 Å². The zero-order valence-corrected chi connectivity index (χ0v) is 16.0. The van der Waals surface area contributed by atoms with E-state index in [2.05, 4.69) is 38.1 Å². The fourth-order valence-electron chi connectivity index (χ4n) is 2.87. The van der Waals surface area contributed by atoms with Crippen molar-refractivity contribution in [1.82, 2.24) is 4.90 Å². The molecule has 0 atom stereocenters. The number of ether oxygens (including phenoxy) is 1. The second-order valence-electron chi connectivity index (χ2n) is 6.11. The van der Waals surface area contributed by atoms with E-state index >= 15 is 0 Å². The van der Waals surface area contributed by atoms with E-state index < -0.39 is 0 Å². The Balaban J connectivity index is 1.71. The van der Waals surface area contributed by atoms with Gasteiger partial charge in [-0.1, -0.05) is 0 Å². The van der Waals surface area contributed by atoms with Gasteiger partial charge in [0.25, 0.3) is 0 Å². The Bertz CT molecular complexity index is 739. The Morgan fingerprint density at radius 1 is 1.24 bits per heavy atom. The Kier molecular flexibility index (Phi) is 5.65. The van der Waals surface area contributed by atoms with Crippen LogP contribution >= 0.6 is 15.9 Å². The van der Waals surface area contributed by atoms with E-state index in [9.17, 15) is 4.79 Å². The van der Waals surface area contributed by atoms with Crippen molar-refractivity contribution >= 4 is 33.2 Å². The molecule has 1 aromatic carbocycles. The predicted molar refractivity (Wildman–Crippen MR) is 101 cm³/mol. The van der Waals surface area contributed by atoms with E-state index in [0.717, 1.165) is 43.3 Å². The lowest BCUT2D eigenvalue weighted by Gasteiger charge is -2.34. The number of anilines is 2. The maximum Gasteiger partial charge on any atom is 0.231 e. The molecule has 0 bridgehead atoms. The van der Waals surface area contributed by atoms with Gasteiger partial charge in [-0.15, -0.1) is 0 Å². The molecule has 2 heterocycles. The van der Waals surface area contributed by atoms with Crippen LogP contribution in [-0.2, 0) is 11.2 Å². The Hall–Kier alpha value is -1.99. The highest BCUT2D eigenvalue weighted by Crippen LogP contribution is 2.32. The van der Waals surface area contributed by atoms with E-state index in [0.29, 0.717) is 10.4 Å². The first kappa shape index (κ1) is 17.8. The van der Waals surface area contributed by atoms with E-state index in [-0.39, 0.29) is 12.3 Å². The van der Waals surface area contributed by atoms with Crippen molar-refractivity contribution in [2.24, 2.45) is 0 Å². The molecular formula is C18H22BrN3O3. The molecule has 1 aliphatic rings.